The van der Waals surface area contributed by atoms with Crippen molar-refractivity contribution in [1.29, 1.82) is 0 Å². The topological polar surface area (TPSA) is 70.2 Å². The molecule has 0 aliphatic carbocycles. The van der Waals surface area contributed by atoms with Gasteiger partial charge in [-0.25, -0.2) is 13.2 Å². The van der Waals surface area contributed by atoms with E-state index in [4.69, 9.17) is 4.74 Å². The number of likely N-dealkylation sites (tertiary alicyclic amines) is 2. The van der Waals surface area contributed by atoms with Crippen molar-refractivity contribution >= 4 is 21.6 Å². The molecule has 1 aromatic carbocycles. The molecule has 0 aromatic heterocycles. The van der Waals surface area contributed by atoms with Crippen molar-refractivity contribution in [2.45, 2.75) is 57.1 Å². The van der Waals surface area contributed by atoms with Gasteiger partial charge in [0.2, 0.25) is 0 Å². The second-order valence-corrected chi connectivity index (χ2v) is 13.1. The van der Waals surface area contributed by atoms with Crippen LogP contribution in [0.5, 0.6) is 0 Å². The first-order valence-corrected chi connectivity index (χ1v) is 13.5. The van der Waals surface area contributed by atoms with Crippen molar-refractivity contribution < 1.29 is 17.9 Å². The van der Waals surface area contributed by atoms with E-state index < -0.39 is 15.4 Å². The van der Waals surface area contributed by atoms with E-state index in [9.17, 15) is 13.2 Å². The van der Waals surface area contributed by atoms with Crippen LogP contribution in [0.2, 0.25) is 0 Å². The van der Waals surface area contributed by atoms with Crippen LogP contribution in [0.4, 0.5) is 10.5 Å². The molecule has 3 aliphatic heterocycles. The highest BCUT2D eigenvalue weighted by Gasteiger charge is 2.53. The maximum absolute atomic E-state index is 12.3. The smallest absolute Gasteiger partial charge is 0.410 e. The van der Waals surface area contributed by atoms with Crippen molar-refractivity contribution in [3.63, 3.8) is 0 Å². The van der Waals surface area contributed by atoms with Crippen molar-refractivity contribution in [3.05, 3.63) is 24.3 Å². The van der Waals surface area contributed by atoms with E-state index in [1.54, 1.807) is 12.1 Å². The number of rotatable bonds is 4. The summed E-state index contributed by atoms with van der Waals surface area (Å²) in [4.78, 5) is 19.5. The molecule has 1 atom stereocenters. The van der Waals surface area contributed by atoms with Crippen LogP contribution in [0.25, 0.3) is 0 Å². The third-order valence-corrected chi connectivity index (χ3v) is 8.34. The molecule has 1 aromatic rings. The molecule has 0 saturated carbocycles. The third kappa shape index (κ3) is 4.91. The normalized spacial score (nSPS) is 22.9. The predicted octanol–water partition coefficient (Wildman–Crippen LogP) is 3.25. The van der Waals surface area contributed by atoms with E-state index in [-0.39, 0.29) is 6.09 Å². The third-order valence-electron chi connectivity index (χ3n) is 7.21. The first kappa shape index (κ1) is 23.4. The number of sulfone groups is 1. The highest BCUT2D eigenvalue weighted by molar-refractivity contribution is 7.90. The minimum atomic E-state index is -3.15. The molecule has 4 rings (SSSR count). The van der Waals surface area contributed by atoms with Gasteiger partial charge in [0.15, 0.2) is 9.84 Å². The summed E-state index contributed by atoms with van der Waals surface area (Å²) in [6.45, 7) is 13.9. The zero-order valence-electron chi connectivity index (χ0n) is 20.0. The monoisotopic (exact) mass is 463 g/mol. The first-order valence-electron chi connectivity index (χ1n) is 11.6. The number of amides is 1. The molecule has 3 saturated heterocycles. The fourth-order valence-corrected chi connectivity index (χ4v) is 5.97. The Hall–Kier alpha value is -1.80. The van der Waals surface area contributed by atoms with Gasteiger partial charge in [-0.1, -0.05) is 0 Å². The van der Waals surface area contributed by atoms with E-state index in [1.165, 1.54) is 6.26 Å². The molecule has 0 radical (unpaired) electrons. The Morgan fingerprint density at radius 3 is 2.12 bits per heavy atom. The van der Waals surface area contributed by atoms with Gasteiger partial charge in [0, 0.05) is 62.7 Å². The van der Waals surface area contributed by atoms with Gasteiger partial charge in [0.05, 0.1) is 4.90 Å². The molecule has 178 valence electrons. The van der Waals surface area contributed by atoms with Crippen molar-refractivity contribution in [2.24, 2.45) is 11.3 Å². The lowest BCUT2D eigenvalue weighted by molar-refractivity contribution is -0.0663. The van der Waals surface area contributed by atoms with Crippen molar-refractivity contribution in [2.75, 3.05) is 50.4 Å². The molecule has 7 nitrogen and oxygen atoms in total. The number of benzene rings is 1. The second kappa shape index (κ2) is 8.20. The van der Waals surface area contributed by atoms with Crippen LogP contribution in [-0.4, -0.2) is 81.5 Å². The number of carbonyl (C=O) groups is 1. The van der Waals surface area contributed by atoms with E-state index in [0.29, 0.717) is 22.3 Å². The minimum Gasteiger partial charge on any atom is -0.444 e. The summed E-state index contributed by atoms with van der Waals surface area (Å²) in [6.07, 6.45) is 3.11. The molecule has 0 N–H and O–H groups in total. The Morgan fingerprint density at radius 1 is 1.06 bits per heavy atom. The molecular weight excluding hydrogens is 426 g/mol. The van der Waals surface area contributed by atoms with Crippen LogP contribution in [0.15, 0.2) is 29.2 Å². The van der Waals surface area contributed by atoms with Gasteiger partial charge in [0.1, 0.15) is 5.60 Å². The highest BCUT2D eigenvalue weighted by Crippen LogP contribution is 2.44. The van der Waals surface area contributed by atoms with Crippen LogP contribution in [0.3, 0.4) is 0 Å². The maximum atomic E-state index is 12.3. The summed E-state index contributed by atoms with van der Waals surface area (Å²) in [5.41, 5.74) is 1.03. The van der Waals surface area contributed by atoms with Crippen LogP contribution in [0, 0.1) is 11.3 Å². The lowest BCUT2D eigenvalue weighted by Crippen LogP contribution is -2.74. The van der Waals surface area contributed by atoms with Crippen molar-refractivity contribution in [1.82, 2.24) is 9.80 Å². The number of nitrogens with zero attached hydrogens (tertiary/aromatic N) is 3. The number of ether oxygens (including phenoxy) is 1. The number of piperidine rings is 1. The Kier molecular flexibility index (Phi) is 5.99. The Balaban J connectivity index is 1.21. The number of carbonyl (C=O) groups excluding carboxylic acids is 1. The number of anilines is 1. The SMILES string of the molecule is CC(C1CCN(C(=O)OC(C)(C)C)CC1)N1CC2(CN(c3ccc(S(C)(=O)=O)cc3)C2)C1. The second-order valence-electron chi connectivity index (χ2n) is 11.1. The van der Waals surface area contributed by atoms with Gasteiger partial charge in [-0.2, -0.15) is 0 Å². The van der Waals surface area contributed by atoms with Crippen LogP contribution < -0.4 is 4.90 Å². The Labute approximate surface area is 192 Å². The van der Waals surface area contributed by atoms with E-state index in [2.05, 4.69) is 16.7 Å². The number of hydrogen-bond acceptors (Lipinski definition) is 6. The van der Waals surface area contributed by atoms with Crippen LogP contribution in [-0.2, 0) is 14.6 Å². The van der Waals surface area contributed by atoms with Gasteiger partial charge in [-0.15, -0.1) is 0 Å². The molecule has 32 heavy (non-hydrogen) atoms. The predicted molar refractivity (Wildman–Crippen MR) is 126 cm³/mol. The minimum absolute atomic E-state index is 0.189. The van der Waals surface area contributed by atoms with E-state index in [0.717, 1.165) is 57.8 Å². The summed E-state index contributed by atoms with van der Waals surface area (Å²) < 4.78 is 28.8. The number of hydrogen-bond donors (Lipinski definition) is 0. The summed E-state index contributed by atoms with van der Waals surface area (Å²) in [5.74, 6) is 0.616. The van der Waals surface area contributed by atoms with Gasteiger partial charge >= 0.3 is 6.09 Å². The standard InChI is InChI=1S/C24H37N3O4S/c1-18(19-10-12-25(13-11-19)22(28)31-23(2,3)4)26-14-24(15-26)16-27(17-24)20-6-8-21(9-7-20)32(5,29)30/h6-9,18-19H,10-17H2,1-5H3. The average Bonchev–Trinajstić information content (AvgIpc) is 2.64. The first-order chi connectivity index (χ1) is 14.9. The van der Waals surface area contributed by atoms with Gasteiger partial charge in [-0.3, -0.25) is 4.90 Å². The molecule has 1 spiro atoms. The fraction of sp³-hybridized carbons (Fsp3) is 0.708. The largest absolute Gasteiger partial charge is 0.444 e. The average molecular weight is 464 g/mol. The molecule has 3 aliphatic rings. The molecular formula is C24H37N3O4S. The summed E-state index contributed by atoms with van der Waals surface area (Å²) in [7, 11) is -3.15. The Morgan fingerprint density at radius 2 is 1.62 bits per heavy atom. The molecule has 1 unspecified atom stereocenters. The molecule has 3 heterocycles. The summed E-state index contributed by atoms with van der Waals surface area (Å²) in [6, 6.07) is 7.77. The summed E-state index contributed by atoms with van der Waals surface area (Å²) in [5, 5.41) is 0. The zero-order valence-corrected chi connectivity index (χ0v) is 20.8. The van der Waals surface area contributed by atoms with Gasteiger partial charge in [0.25, 0.3) is 0 Å². The van der Waals surface area contributed by atoms with E-state index in [1.807, 2.05) is 37.8 Å². The Bertz CT molecular complexity index is 932. The fourth-order valence-electron chi connectivity index (χ4n) is 5.34. The van der Waals surface area contributed by atoms with Crippen LogP contribution >= 0.6 is 0 Å². The lowest BCUT2D eigenvalue weighted by atomic mass is 9.71. The lowest BCUT2D eigenvalue weighted by Gasteiger charge is -2.63. The summed E-state index contributed by atoms with van der Waals surface area (Å²) >= 11 is 0. The highest BCUT2D eigenvalue weighted by atomic mass is 32.2. The van der Waals surface area contributed by atoms with Gasteiger partial charge in [-0.05, 0) is 70.7 Å². The molecule has 3 fully saturated rings. The molecule has 1 amide bonds. The molecule has 0 bridgehead atoms. The maximum Gasteiger partial charge on any atom is 0.410 e. The zero-order chi connectivity index (χ0) is 23.3. The van der Waals surface area contributed by atoms with Gasteiger partial charge < -0.3 is 14.5 Å². The van der Waals surface area contributed by atoms with Crippen molar-refractivity contribution in [3.8, 4) is 0 Å². The van der Waals surface area contributed by atoms with E-state index >= 15 is 0 Å². The molecule has 8 heteroatoms. The quantitative estimate of drug-likeness (QED) is 0.683. The van der Waals surface area contributed by atoms with Crippen LogP contribution in [0.1, 0.15) is 40.5 Å².